The maximum atomic E-state index is 5.61. The third kappa shape index (κ3) is 5.33. The first kappa shape index (κ1) is 33.2. The van der Waals surface area contributed by atoms with Gasteiger partial charge < -0.3 is 0 Å². The molecule has 0 fully saturated rings. The number of rotatable bonds is 5. The fourth-order valence-corrected chi connectivity index (χ4v) is 9.28. The second-order valence-electron chi connectivity index (χ2n) is 15.7. The van der Waals surface area contributed by atoms with Gasteiger partial charge >= 0.3 is 0 Å². The van der Waals surface area contributed by atoms with Crippen LogP contribution in [0.3, 0.4) is 0 Å². The Hall–Kier alpha value is -7.16. The van der Waals surface area contributed by atoms with Crippen LogP contribution < -0.4 is 0 Å². The zero-order valence-corrected chi connectivity index (χ0v) is 31.9. The van der Waals surface area contributed by atoms with Gasteiger partial charge in [-0.1, -0.05) is 196 Å². The fraction of sp³-hybridized carbons (Fsp3) is 0.0545. The molecule has 0 amide bonds. The van der Waals surface area contributed by atoms with Crippen LogP contribution in [0, 0.1) is 0 Å². The quantitative estimate of drug-likeness (QED) is 0.165. The smallest absolute Gasteiger partial charge is 0.160 e. The van der Waals surface area contributed by atoms with Gasteiger partial charge in [-0.25, -0.2) is 9.97 Å². The molecular weight excluding hydrogens is 689 g/mol. The average Bonchev–Trinajstić information content (AvgIpc) is 3.53. The van der Waals surface area contributed by atoms with Gasteiger partial charge in [0.15, 0.2) is 5.82 Å². The lowest BCUT2D eigenvalue weighted by Gasteiger charge is -2.23. The van der Waals surface area contributed by atoms with Crippen LogP contribution in [-0.4, -0.2) is 9.97 Å². The van der Waals surface area contributed by atoms with Crippen LogP contribution in [0.25, 0.3) is 99.5 Å². The maximum Gasteiger partial charge on any atom is 0.160 e. The van der Waals surface area contributed by atoms with Gasteiger partial charge in [-0.15, -0.1) is 0 Å². The molecule has 2 nitrogen and oxygen atoms in total. The summed E-state index contributed by atoms with van der Waals surface area (Å²) < 4.78 is 0. The first-order chi connectivity index (χ1) is 28.0. The van der Waals surface area contributed by atoms with Crippen LogP contribution in [0.1, 0.15) is 25.1 Å². The van der Waals surface area contributed by atoms with Crippen molar-refractivity contribution >= 4 is 32.3 Å². The molecule has 0 radical (unpaired) electrons. The molecule has 268 valence electrons. The molecule has 0 aliphatic heterocycles. The van der Waals surface area contributed by atoms with E-state index in [-0.39, 0.29) is 5.41 Å². The van der Waals surface area contributed by atoms with E-state index in [2.05, 4.69) is 208 Å². The Labute approximate surface area is 332 Å². The Balaban J connectivity index is 1.10. The highest BCUT2D eigenvalue weighted by Crippen LogP contribution is 2.56. The summed E-state index contributed by atoms with van der Waals surface area (Å²) in [4.78, 5) is 11.2. The summed E-state index contributed by atoms with van der Waals surface area (Å²) in [6.07, 6.45) is 0. The standard InChI is InChI=1S/C55H38N2/c1-55(2)51-47-27-11-9-25-45(47)44-24-8-10-26-46(44)49(51)50-52(48-28-14-18-38-17-6-7-23-43(38)48)56-54(57-53(50)55)42-22-13-21-41(34-42)40-20-12-19-39(33-40)37-31-29-36(30-32-37)35-15-4-3-5-16-35/h3-34H,1-2H3. The average molecular weight is 727 g/mol. The molecule has 1 aliphatic carbocycles. The van der Waals surface area contributed by atoms with E-state index in [1.165, 1.54) is 65.7 Å². The summed E-state index contributed by atoms with van der Waals surface area (Å²) in [5.41, 5.74) is 14.6. The minimum Gasteiger partial charge on any atom is -0.231 e. The van der Waals surface area contributed by atoms with E-state index in [1.54, 1.807) is 0 Å². The number of nitrogens with zero attached hydrogens (tertiary/aromatic N) is 2. The number of fused-ring (bicyclic) bond motifs is 9. The van der Waals surface area contributed by atoms with Crippen LogP contribution in [-0.2, 0) is 5.41 Å². The predicted octanol–water partition coefficient (Wildman–Crippen LogP) is 14.6. The maximum absolute atomic E-state index is 5.61. The largest absolute Gasteiger partial charge is 0.231 e. The van der Waals surface area contributed by atoms with Gasteiger partial charge in [-0.2, -0.15) is 0 Å². The van der Waals surface area contributed by atoms with Crippen LogP contribution in [0.15, 0.2) is 194 Å². The third-order valence-corrected chi connectivity index (χ3v) is 12.0. The molecule has 57 heavy (non-hydrogen) atoms. The molecule has 0 atom stereocenters. The summed E-state index contributed by atoms with van der Waals surface area (Å²) in [6.45, 7) is 4.69. The van der Waals surface area contributed by atoms with Crippen molar-refractivity contribution in [3.05, 3.63) is 205 Å². The van der Waals surface area contributed by atoms with E-state index in [9.17, 15) is 0 Å². The van der Waals surface area contributed by atoms with Gasteiger partial charge in [0.05, 0.1) is 11.4 Å². The highest BCUT2D eigenvalue weighted by molar-refractivity contribution is 6.19. The number of hydrogen-bond acceptors (Lipinski definition) is 2. The third-order valence-electron chi connectivity index (χ3n) is 12.0. The molecule has 9 aromatic carbocycles. The number of aromatic nitrogens is 2. The lowest BCUT2D eigenvalue weighted by Crippen LogP contribution is -2.18. The van der Waals surface area contributed by atoms with Crippen molar-refractivity contribution in [1.29, 1.82) is 0 Å². The first-order valence-corrected chi connectivity index (χ1v) is 19.7. The first-order valence-electron chi connectivity index (χ1n) is 19.7. The Bertz CT molecular complexity index is 3190. The van der Waals surface area contributed by atoms with E-state index < -0.39 is 0 Å². The molecule has 0 unspecified atom stereocenters. The van der Waals surface area contributed by atoms with E-state index in [0.29, 0.717) is 0 Å². The molecule has 0 N–H and O–H groups in total. The van der Waals surface area contributed by atoms with Gasteiger partial charge in [0, 0.05) is 22.1 Å². The topological polar surface area (TPSA) is 25.8 Å². The molecule has 1 aromatic heterocycles. The molecule has 1 aliphatic rings. The van der Waals surface area contributed by atoms with Gasteiger partial charge in [-0.05, 0) is 89.0 Å². The molecular formula is C55H38N2. The Morgan fingerprint density at radius 2 is 0.825 bits per heavy atom. The number of benzene rings is 9. The summed E-state index contributed by atoms with van der Waals surface area (Å²) in [6, 6.07) is 69.9. The molecule has 0 saturated heterocycles. The summed E-state index contributed by atoms with van der Waals surface area (Å²) in [5, 5.41) is 7.43. The van der Waals surface area contributed by atoms with Crippen molar-refractivity contribution in [1.82, 2.24) is 9.97 Å². The monoisotopic (exact) mass is 726 g/mol. The highest BCUT2D eigenvalue weighted by atomic mass is 14.9. The van der Waals surface area contributed by atoms with Crippen molar-refractivity contribution in [2.24, 2.45) is 0 Å². The van der Waals surface area contributed by atoms with Crippen molar-refractivity contribution in [3.8, 4) is 67.2 Å². The highest BCUT2D eigenvalue weighted by Gasteiger charge is 2.42. The van der Waals surface area contributed by atoms with Crippen molar-refractivity contribution in [2.75, 3.05) is 0 Å². The van der Waals surface area contributed by atoms with Crippen LogP contribution in [0.2, 0.25) is 0 Å². The van der Waals surface area contributed by atoms with Crippen LogP contribution in [0.5, 0.6) is 0 Å². The summed E-state index contributed by atoms with van der Waals surface area (Å²) in [5.74, 6) is 0.737. The molecule has 1 heterocycles. The second kappa shape index (κ2) is 13.0. The van der Waals surface area contributed by atoms with Gasteiger partial charge in [0.25, 0.3) is 0 Å². The van der Waals surface area contributed by atoms with E-state index in [0.717, 1.165) is 45.0 Å². The molecule has 11 rings (SSSR count). The van der Waals surface area contributed by atoms with Crippen LogP contribution in [0.4, 0.5) is 0 Å². The normalized spacial score (nSPS) is 12.9. The van der Waals surface area contributed by atoms with Crippen molar-refractivity contribution < 1.29 is 0 Å². The Morgan fingerprint density at radius 1 is 0.351 bits per heavy atom. The lowest BCUT2D eigenvalue weighted by atomic mass is 9.81. The SMILES string of the molecule is CC1(C)c2nc(-c3cccc(-c4cccc(-c5ccc(-c6ccccc6)cc5)c4)c3)nc(-c3cccc4ccccc34)c2-c2c1c1ccccc1c1ccccc21. The summed E-state index contributed by atoms with van der Waals surface area (Å²) in [7, 11) is 0. The fourth-order valence-electron chi connectivity index (χ4n) is 9.28. The molecule has 10 aromatic rings. The van der Waals surface area contributed by atoms with Crippen LogP contribution >= 0.6 is 0 Å². The van der Waals surface area contributed by atoms with Gasteiger partial charge in [0.1, 0.15) is 0 Å². The van der Waals surface area contributed by atoms with Gasteiger partial charge in [-0.3, -0.25) is 0 Å². The summed E-state index contributed by atoms with van der Waals surface area (Å²) >= 11 is 0. The lowest BCUT2D eigenvalue weighted by molar-refractivity contribution is 0.641. The molecule has 2 heteroatoms. The number of hydrogen-bond donors (Lipinski definition) is 0. The predicted molar refractivity (Wildman–Crippen MR) is 239 cm³/mol. The molecule has 0 spiro atoms. The van der Waals surface area contributed by atoms with E-state index in [4.69, 9.17) is 9.97 Å². The zero-order chi connectivity index (χ0) is 38.1. The van der Waals surface area contributed by atoms with Gasteiger partial charge in [0.2, 0.25) is 0 Å². The molecule has 0 saturated carbocycles. The molecule has 0 bridgehead atoms. The van der Waals surface area contributed by atoms with Crippen molar-refractivity contribution in [3.63, 3.8) is 0 Å². The Morgan fingerprint density at radius 3 is 1.54 bits per heavy atom. The second-order valence-corrected chi connectivity index (χ2v) is 15.7. The van der Waals surface area contributed by atoms with Crippen molar-refractivity contribution in [2.45, 2.75) is 19.3 Å². The van der Waals surface area contributed by atoms with E-state index >= 15 is 0 Å². The zero-order valence-electron chi connectivity index (χ0n) is 31.9. The van der Waals surface area contributed by atoms with E-state index in [1.807, 2.05) is 0 Å². The minimum atomic E-state index is -0.382. The Kier molecular flexibility index (Phi) is 7.55. The minimum absolute atomic E-state index is 0.382.